The summed E-state index contributed by atoms with van der Waals surface area (Å²) in [6.45, 7) is 0. The van der Waals surface area contributed by atoms with Crippen LogP contribution in [0.2, 0.25) is 0 Å². The Hall–Kier alpha value is -1.06. The molecule has 50 valence electrons. The van der Waals surface area contributed by atoms with E-state index < -0.39 is 30.6 Å². The van der Waals surface area contributed by atoms with Crippen LogP contribution in [0.4, 0.5) is 0 Å². The molecule has 0 saturated carbocycles. The highest BCUT2D eigenvalue weighted by molar-refractivity contribution is 5.87. The van der Waals surface area contributed by atoms with Gasteiger partial charge in [-0.3, -0.25) is 4.79 Å². The molecule has 0 aromatic heterocycles. The van der Waals surface area contributed by atoms with Gasteiger partial charge in [0.25, 0.3) is 0 Å². The summed E-state index contributed by atoms with van der Waals surface area (Å²) in [6.07, 6.45) is -6.14. The highest BCUT2D eigenvalue weighted by atomic mass is 16.4. The SMILES string of the molecule is [2H]C1([2H])C(=O)N[C@@]([2H])(C(=O)O)C1([2H])[2H]. The fraction of sp³-hybridized carbons (Fsp3) is 0.600. The van der Waals surface area contributed by atoms with E-state index in [-0.39, 0.29) is 0 Å². The number of hydrogen-bond acceptors (Lipinski definition) is 2. The first-order valence-corrected chi connectivity index (χ1v) is 2.13. The van der Waals surface area contributed by atoms with E-state index in [9.17, 15) is 9.59 Å². The maximum atomic E-state index is 10.9. The molecule has 1 aliphatic rings. The van der Waals surface area contributed by atoms with Crippen molar-refractivity contribution in [1.29, 1.82) is 0 Å². The number of amides is 1. The number of carboxylic acids is 1. The van der Waals surface area contributed by atoms with Gasteiger partial charge < -0.3 is 10.4 Å². The van der Waals surface area contributed by atoms with Crippen molar-refractivity contribution in [3.63, 3.8) is 0 Å². The van der Waals surface area contributed by atoms with Gasteiger partial charge >= 0.3 is 5.97 Å². The Kier molecular flexibility index (Phi) is 0.519. The van der Waals surface area contributed by atoms with Crippen LogP contribution in [-0.4, -0.2) is 23.0 Å². The molecule has 1 fully saturated rings. The van der Waals surface area contributed by atoms with Crippen LogP contribution in [0.25, 0.3) is 0 Å². The molecule has 1 atom stereocenters. The van der Waals surface area contributed by atoms with E-state index in [1.54, 1.807) is 0 Å². The van der Waals surface area contributed by atoms with Crippen LogP contribution in [-0.2, 0) is 9.59 Å². The molecule has 0 aromatic carbocycles. The van der Waals surface area contributed by atoms with Crippen molar-refractivity contribution in [2.24, 2.45) is 0 Å². The average molecular weight is 134 g/mol. The Labute approximate surface area is 58.9 Å². The fourth-order valence-corrected chi connectivity index (χ4v) is 0.402. The molecule has 1 saturated heterocycles. The molecule has 0 aromatic rings. The Morgan fingerprint density at radius 1 is 2.11 bits per heavy atom. The second-order valence-corrected chi connectivity index (χ2v) is 1.38. The van der Waals surface area contributed by atoms with Crippen LogP contribution in [0, 0.1) is 0 Å². The van der Waals surface area contributed by atoms with E-state index in [0.717, 1.165) is 0 Å². The zero-order valence-electron chi connectivity index (χ0n) is 9.26. The first-order valence-electron chi connectivity index (χ1n) is 4.63. The van der Waals surface area contributed by atoms with Gasteiger partial charge in [0.2, 0.25) is 5.91 Å². The number of carbonyl (C=O) groups excluding carboxylic acids is 1. The molecular formula is C5H7NO3. The third-order valence-electron chi connectivity index (χ3n) is 0.753. The van der Waals surface area contributed by atoms with Crippen LogP contribution < -0.4 is 5.32 Å². The van der Waals surface area contributed by atoms with Crippen molar-refractivity contribution in [2.45, 2.75) is 18.8 Å². The molecule has 1 heterocycles. The summed E-state index contributed by atoms with van der Waals surface area (Å²) in [7, 11) is 0. The van der Waals surface area contributed by atoms with Crippen LogP contribution in [0.5, 0.6) is 0 Å². The highest BCUT2D eigenvalue weighted by Crippen LogP contribution is 2.05. The first kappa shape index (κ1) is 2.28. The molecule has 0 radical (unpaired) electrons. The minimum absolute atomic E-state index is 1.43. The monoisotopic (exact) mass is 134 g/mol. The maximum Gasteiger partial charge on any atom is 0.326 e. The normalized spacial score (nSPS) is 53.3. The predicted octanol–water partition coefficient (Wildman–Crippen LogP) is -0.650. The lowest BCUT2D eigenvalue weighted by atomic mass is 10.2. The van der Waals surface area contributed by atoms with E-state index in [1.807, 2.05) is 0 Å². The number of carboxylic acid groups (broad SMARTS) is 1. The summed E-state index contributed by atoms with van der Waals surface area (Å²) in [5.41, 5.74) is 0. The van der Waals surface area contributed by atoms with Crippen LogP contribution in [0.3, 0.4) is 0 Å². The van der Waals surface area contributed by atoms with Crippen LogP contribution in [0.15, 0.2) is 0 Å². The molecule has 0 bridgehead atoms. The van der Waals surface area contributed by atoms with Gasteiger partial charge in [-0.05, 0) is 6.37 Å². The van der Waals surface area contributed by atoms with Crippen molar-refractivity contribution in [2.75, 3.05) is 0 Å². The number of carbonyl (C=O) groups is 2. The lowest BCUT2D eigenvalue weighted by Gasteiger charge is -1.99. The fourth-order valence-electron chi connectivity index (χ4n) is 0.402. The number of nitrogens with one attached hydrogen (secondary N) is 1. The lowest BCUT2D eigenvalue weighted by molar-refractivity contribution is -0.140. The Morgan fingerprint density at radius 3 is 3.00 bits per heavy atom. The summed E-state index contributed by atoms with van der Waals surface area (Å²) in [5, 5.41) is 10.0. The molecule has 1 rings (SSSR count). The van der Waals surface area contributed by atoms with Crippen molar-refractivity contribution in [3.05, 3.63) is 0 Å². The first-order chi connectivity index (χ1) is 6.07. The predicted molar refractivity (Wildman–Crippen MR) is 28.8 cm³/mol. The van der Waals surface area contributed by atoms with Crippen molar-refractivity contribution in [3.8, 4) is 0 Å². The Morgan fingerprint density at radius 2 is 2.78 bits per heavy atom. The highest BCUT2D eigenvalue weighted by Gasteiger charge is 2.26. The molecule has 4 nitrogen and oxygen atoms in total. The Balaban J connectivity index is 3.31. The van der Waals surface area contributed by atoms with Crippen molar-refractivity contribution in [1.82, 2.24) is 5.32 Å². The van der Waals surface area contributed by atoms with E-state index in [0.29, 0.717) is 0 Å². The van der Waals surface area contributed by atoms with Crippen LogP contribution >= 0.6 is 0 Å². The topological polar surface area (TPSA) is 66.4 Å². The molecule has 4 heteroatoms. The van der Waals surface area contributed by atoms with E-state index in [4.69, 9.17) is 12.0 Å². The maximum absolute atomic E-state index is 10.9. The standard InChI is InChI=1S/C5H7NO3/c7-4-2-1-3(6-4)5(8)9/h3H,1-2H2,(H,6,7)(H,8,9)/t3-/m1/s1/i1D2,2D2,3D. The molecule has 1 amide bonds. The van der Waals surface area contributed by atoms with Gasteiger partial charge in [-0.25, -0.2) is 4.79 Å². The van der Waals surface area contributed by atoms with E-state index in [2.05, 4.69) is 0 Å². The summed E-state index contributed by atoms with van der Waals surface area (Å²) in [5.74, 6) is -3.36. The minimum atomic E-state index is -3.12. The van der Waals surface area contributed by atoms with E-state index >= 15 is 0 Å². The van der Waals surface area contributed by atoms with Gasteiger partial charge in [0.05, 0.1) is 1.37 Å². The number of aliphatic carboxylic acids is 1. The third kappa shape index (κ3) is 1.19. The van der Waals surface area contributed by atoms with Gasteiger partial charge in [-0.2, -0.15) is 0 Å². The Bertz CT molecular complexity index is 316. The summed E-state index contributed by atoms with van der Waals surface area (Å²) in [6, 6.07) is -2.98. The van der Waals surface area contributed by atoms with E-state index in [1.165, 1.54) is 5.32 Å². The van der Waals surface area contributed by atoms with Gasteiger partial charge in [0, 0.05) is 11.9 Å². The second-order valence-electron chi connectivity index (χ2n) is 1.38. The molecule has 0 unspecified atom stereocenters. The zero-order chi connectivity index (χ0) is 11.4. The lowest BCUT2D eigenvalue weighted by Crippen LogP contribution is -2.32. The molecule has 2 N–H and O–H groups in total. The van der Waals surface area contributed by atoms with Crippen LogP contribution in [0.1, 0.15) is 19.6 Å². The average Bonchev–Trinajstić information content (AvgIpc) is 2.12. The molecule has 1 aliphatic heterocycles. The molecular weight excluding hydrogens is 122 g/mol. The summed E-state index contributed by atoms with van der Waals surface area (Å²) in [4.78, 5) is 21.5. The van der Waals surface area contributed by atoms with Crippen molar-refractivity contribution >= 4 is 11.9 Å². The largest absolute Gasteiger partial charge is 0.480 e. The molecule has 9 heavy (non-hydrogen) atoms. The number of rotatable bonds is 1. The van der Waals surface area contributed by atoms with Gasteiger partial charge in [-0.15, -0.1) is 0 Å². The summed E-state index contributed by atoms with van der Waals surface area (Å²) >= 11 is 0. The smallest absolute Gasteiger partial charge is 0.326 e. The quantitative estimate of drug-likeness (QED) is 0.500. The second kappa shape index (κ2) is 2.05. The number of hydrogen-bond donors (Lipinski definition) is 2. The third-order valence-corrected chi connectivity index (χ3v) is 0.753. The summed E-state index contributed by atoms with van der Waals surface area (Å²) < 4.78 is 35.5. The minimum Gasteiger partial charge on any atom is -0.480 e. The van der Waals surface area contributed by atoms with Gasteiger partial charge in [-0.1, -0.05) is 0 Å². The van der Waals surface area contributed by atoms with Gasteiger partial charge in [0.15, 0.2) is 0 Å². The zero-order valence-corrected chi connectivity index (χ0v) is 4.26. The van der Waals surface area contributed by atoms with Gasteiger partial charge in [0.1, 0.15) is 6.02 Å². The molecule has 0 aliphatic carbocycles. The molecule has 0 spiro atoms. The van der Waals surface area contributed by atoms with Crippen molar-refractivity contribution < 1.29 is 21.5 Å².